The molecule has 122 valence electrons. The lowest BCUT2D eigenvalue weighted by atomic mass is 9.99. The number of ether oxygens (including phenoxy) is 1. The molecule has 2 rings (SSSR count). The maximum absolute atomic E-state index is 12.1. The fourth-order valence-corrected chi connectivity index (χ4v) is 2.73. The van der Waals surface area contributed by atoms with Crippen LogP contribution in [0.25, 0.3) is 0 Å². The number of tetrazole rings is 1. The Morgan fingerprint density at radius 1 is 1.50 bits per heavy atom. The van der Waals surface area contributed by atoms with Crippen LogP contribution in [0, 0.1) is 5.92 Å². The Balaban J connectivity index is 1.87. The molecule has 1 aliphatic rings. The van der Waals surface area contributed by atoms with Crippen molar-refractivity contribution in [3.63, 3.8) is 0 Å². The monoisotopic (exact) mass is 327 g/mol. The number of nitrogens with zero attached hydrogens (tertiary/aromatic N) is 4. The smallest absolute Gasteiger partial charge is 0.328 e. The fraction of sp³-hybridized carbons (Fsp3) is 0.769. The summed E-state index contributed by atoms with van der Waals surface area (Å²) in [7, 11) is 1.32. The first-order valence-electron chi connectivity index (χ1n) is 7.34. The van der Waals surface area contributed by atoms with Crippen molar-refractivity contribution < 1.29 is 14.3 Å². The molecule has 2 atom stereocenters. The van der Waals surface area contributed by atoms with E-state index >= 15 is 0 Å². The normalized spacial score (nSPS) is 16.9. The van der Waals surface area contributed by atoms with Gasteiger partial charge in [-0.15, -0.1) is 5.10 Å². The molecule has 9 heteroatoms. The van der Waals surface area contributed by atoms with E-state index in [0.29, 0.717) is 11.2 Å². The van der Waals surface area contributed by atoms with E-state index in [1.54, 1.807) is 4.68 Å². The minimum absolute atomic E-state index is 0.0122. The minimum Gasteiger partial charge on any atom is -0.467 e. The Morgan fingerprint density at radius 3 is 2.82 bits per heavy atom. The van der Waals surface area contributed by atoms with Gasteiger partial charge < -0.3 is 10.1 Å². The molecule has 2 unspecified atom stereocenters. The van der Waals surface area contributed by atoms with Crippen molar-refractivity contribution in [3.8, 4) is 0 Å². The van der Waals surface area contributed by atoms with Crippen LogP contribution in [0.4, 0.5) is 0 Å². The molecule has 8 nitrogen and oxygen atoms in total. The van der Waals surface area contributed by atoms with E-state index in [4.69, 9.17) is 4.74 Å². The van der Waals surface area contributed by atoms with Crippen molar-refractivity contribution in [3.05, 3.63) is 0 Å². The van der Waals surface area contributed by atoms with Crippen molar-refractivity contribution in [2.24, 2.45) is 5.92 Å². The summed E-state index contributed by atoms with van der Waals surface area (Å²) in [6, 6.07) is -0.258. The number of rotatable bonds is 8. The number of methoxy groups -OCH3 is 1. The molecule has 0 saturated heterocycles. The molecular weight excluding hydrogens is 306 g/mol. The first-order valence-corrected chi connectivity index (χ1v) is 8.33. The zero-order valence-electron chi connectivity index (χ0n) is 13.0. The minimum atomic E-state index is -0.623. The average molecular weight is 327 g/mol. The third-order valence-electron chi connectivity index (χ3n) is 3.67. The highest BCUT2D eigenvalue weighted by molar-refractivity contribution is 7.99. The van der Waals surface area contributed by atoms with Gasteiger partial charge in [0.1, 0.15) is 6.04 Å². The predicted octanol–water partition coefficient (Wildman–Crippen LogP) is 0.804. The molecule has 0 aromatic carbocycles. The molecule has 22 heavy (non-hydrogen) atoms. The van der Waals surface area contributed by atoms with Crippen molar-refractivity contribution in [1.29, 1.82) is 0 Å². The Kier molecular flexibility index (Phi) is 5.76. The number of amides is 1. The highest BCUT2D eigenvalue weighted by atomic mass is 32.2. The lowest BCUT2D eigenvalue weighted by Crippen LogP contribution is -2.46. The summed E-state index contributed by atoms with van der Waals surface area (Å²) < 4.78 is 6.50. The highest BCUT2D eigenvalue weighted by Crippen LogP contribution is 2.36. The second kappa shape index (κ2) is 7.57. The number of hydrogen-bond acceptors (Lipinski definition) is 7. The molecule has 1 aromatic heterocycles. The summed E-state index contributed by atoms with van der Waals surface area (Å²) in [6.45, 7) is 3.87. The Morgan fingerprint density at radius 2 is 2.23 bits per heavy atom. The molecule has 1 aliphatic carbocycles. The van der Waals surface area contributed by atoms with Crippen LogP contribution in [-0.4, -0.2) is 51.0 Å². The zero-order chi connectivity index (χ0) is 16.1. The molecule has 1 aromatic rings. The van der Waals surface area contributed by atoms with Gasteiger partial charge in [-0.2, -0.15) is 0 Å². The summed E-state index contributed by atoms with van der Waals surface area (Å²) in [5, 5.41) is 14.9. The van der Waals surface area contributed by atoms with E-state index in [1.165, 1.54) is 18.9 Å². The number of aromatic nitrogens is 4. The highest BCUT2D eigenvalue weighted by Gasteiger charge is 2.29. The number of carbonyl (C=O) groups excluding carboxylic acids is 2. The van der Waals surface area contributed by atoms with Crippen LogP contribution >= 0.6 is 11.8 Å². The van der Waals surface area contributed by atoms with E-state index < -0.39 is 12.0 Å². The number of carbonyl (C=O) groups is 2. The summed E-state index contributed by atoms with van der Waals surface area (Å²) >= 11 is 1.27. The second-order valence-corrected chi connectivity index (χ2v) is 6.32. The quantitative estimate of drug-likeness (QED) is 0.557. The van der Waals surface area contributed by atoms with Crippen LogP contribution in [-0.2, 0) is 14.3 Å². The van der Waals surface area contributed by atoms with Gasteiger partial charge in [0.25, 0.3) is 0 Å². The molecule has 0 aliphatic heterocycles. The van der Waals surface area contributed by atoms with Gasteiger partial charge in [0.05, 0.1) is 18.9 Å². The van der Waals surface area contributed by atoms with Crippen molar-refractivity contribution >= 4 is 23.6 Å². The number of esters is 1. The number of thioether (sulfide) groups is 1. The fourth-order valence-electron chi connectivity index (χ4n) is 1.97. The molecule has 1 fully saturated rings. The first-order chi connectivity index (χ1) is 10.6. The van der Waals surface area contributed by atoms with E-state index in [1.807, 2.05) is 13.8 Å². The zero-order valence-corrected chi connectivity index (χ0v) is 13.8. The van der Waals surface area contributed by atoms with Gasteiger partial charge in [0, 0.05) is 0 Å². The van der Waals surface area contributed by atoms with Gasteiger partial charge in [0.15, 0.2) is 0 Å². The summed E-state index contributed by atoms with van der Waals surface area (Å²) in [4.78, 5) is 23.8. The van der Waals surface area contributed by atoms with Gasteiger partial charge in [-0.25, -0.2) is 9.48 Å². The third kappa shape index (κ3) is 4.19. The molecule has 1 amide bonds. The van der Waals surface area contributed by atoms with Gasteiger partial charge in [-0.3, -0.25) is 4.79 Å². The Hall–Kier alpha value is -1.64. The van der Waals surface area contributed by atoms with Crippen molar-refractivity contribution in [1.82, 2.24) is 25.5 Å². The van der Waals surface area contributed by atoms with E-state index in [9.17, 15) is 9.59 Å². The molecule has 0 bridgehead atoms. The number of nitrogens with one attached hydrogen (secondary N) is 1. The standard InChI is InChI=1S/C13H21N5O3S/c1-4-8(2)11(12(20)21-3)14-10(19)7-22-13-15-16-17-18(13)9-5-6-9/h8-9,11H,4-7H2,1-3H3,(H,14,19). The SMILES string of the molecule is CCC(C)C(NC(=O)CSc1nnnn1C1CC1)C(=O)OC. The van der Waals surface area contributed by atoms with Crippen LogP contribution in [0.15, 0.2) is 5.16 Å². The molecule has 0 radical (unpaired) electrons. The lowest BCUT2D eigenvalue weighted by Gasteiger charge is -2.21. The van der Waals surface area contributed by atoms with Crippen molar-refractivity contribution in [2.75, 3.05) is 12.9 Å². The largest absolute Gasteiger partial charge is 0.467 e. The molecule has 1 heterocycles. The van der Waals surface area contributed by atoms with E-state index in [0.717, 1.165) is 19.3 Å². The van der Waals surface area contributed by atoms with Crippen LogP contribution in [0.5, 0.6) is 0 Å². The third-order valence-corrected chi connectivity index (χ3v) is 4.61. The summed E-state index contributed by atoms with van der Waals surface area (Å²) in [5.74, 6) is -0.475. The van der Waals surface area contributed by atoms with E-state index in [2.05, 4.69) is 20.8 Å². The first kappa shape index (κ1) is 16.7. The Bertz CT molecular complexity index is 532. The van der Waals surface area contributed by atoms with E-state index in [-0.39, 0.29) is 17.6 Å². The summed E-state index contributed by atoms with van der Waals surface area (Å²) in [5.41, 5.74) is 0. The predicted molar refractivity (Wildman–Crippen MR) is 80.2 cm³/mol. The molecule has 1 N–H and O–H groups in total. The van der Waals surface area contributed by atoms with Crippen LogP contribution < -0.4 is 5.32 Å². The molecule has 0 spiro atoms. The van der Waals surface area contributed by atoms with Crippen LogP contribution in [0.2, 0.25) is 0 Å². The maximum atomic E-state index is 12.1. The maximum Gasteiger partial charge on any atom is 0.328 e. The van der Waals surface area contributed by atoms with Gasteiger partial charge in [-0.1, -0.05) is 32.0 Å². The average Bonchev–Trinajstić information content (AvgIpc) is 3.27. The second-order valence-electron chi connectivity index (χ2n) is 5.38. The molecular formula is C13H21N5O3S. The van der Waals surface area contributed by atoms with Gasteiger partial charge in [-0.05, 0) is 29.2 Å². The molecule has 1 saturated carbocycles. The van der Waals surface area contributed by atoms with Gasteiger partial charge >= 0.3 is 5.97 Å². The lowest BCUT2D eigenvalue weighted by molar-refractivity contribution is -0.146. The number of hydrogen-bond donors (Lipinski definition) is 1. The van der Waals surface area contributed by atoms with Crippen molar-refractivity contribution in [2.45, 2.75) is 50.4 Å². The Labute approximate surface area is 133 Å². The van der Waals surface area contributed by atoms with Crippen LogP contribution in [0.3, 0.4) is 0 Å². The topological polar surface area (TPSA) is 99.0 Å². The summed E-state index contributed by atoms with van der Waals surface area (Å²) in [6.07, 6.45) is 2.92. The van der Waals surface area contributed by atoms with Gasteiger partial charge in [0.2, 0.25) is 11.1 Å². The van der Waals surface area contributed by atoms with Crippen LogP contribution in [0.1, 0.15) is 39.2 Å².